The van der Waals surface area contributed by atoms with Crippen LogP contribution in [0, 0.1) is 0 Å². The minimum atomic E-state index is -5.99. The molecule has 12 heteroatoms. The highest BCUT2D eigenvalue weighted by molar-refractivity contribution is 7.88. The first kappa shape index (κ1) is 21.3. The fourth-order valence-electron chi connectivity index (χ4n) is 2.62. The van der Waals surface area contributed by atoms with Crippen LogP contribution in [-0.2, 0) is 23.1 Å². The highest BCUT2D eigenvalue weighted by Crippen LogP contribution is 2.29. The number of rotatable bonds is 6. The van der Waals surface area contributed by atoms with Crippen LogP contribution in [0.3, 0.4) is 0 Å². The standard InChI is InChI=1S/C18H13F3N2O6S/c19-18(20,21)30(27,28)29-15-13-3-1-2-4-14(13)16(24)23(22-15)10-9-11-5-7-12(8-6-11)17(25)26/h1-8H,9-10H2,(H,25,26). The summed E-state index contributed by atoms with van der Waals surface area (Å²) >= 11 is 0. The molecular weight excluding hydrogens is 429 g/mol. The number of benzene rings is 2. The highest BCUT2D eigenvalue weighted by Gasteiger charge is 2.49. The van der Waals surface area contributed by atoms with E-state index in [-0.39, 0.29) is 29.3 Å². The topological polar surface area (TPSA) is 116 Å². The van der Waals surface area contributed by atoms with Gasteiger partial charge in [0.15, 0.2) is 0 Å². The first-order valence-electron chi connectivity index (χ1n) is 8.32. The first-order chi connectivity index (χ1) is 14.0. The molecule has 3 aromatic rings. The van der Waals surface area contributed by atoms with Gasteiger partial charge in [0.25, 0.3) is 11.4 Å². The number of hydrogen-bond donors (Lipinski definition) is 1. The number of nitrogens with zero attached hydrogens (tertiary/aromatic N) is 2. The maximum absolute atomic E-state index is 12.7. The lowest BCUT2D eigenvalue weighted by Crippen LogP contribution is -2.30. The Bertz CT molecular complexity index is 1270. The molecule has 1 aromatic heterocycles. The van der Waals surface area contributed by atoms with Crippen molar-refractivity contribution in [1.82, 2.24) is 9.78 Å². The highest BCUT2D eigenvalue weighted by atomic mass is 32.2. The Labute approximate surface area is 167 Å². The van der Waals surface area contributed by atoms with Gasteiger partial charge in [0.2, 0.25) is 0 Å². The van der Waals surface area contributed by atoms with E-state index in [1.54, 1.807) is 0 Å². The van der Waals surface area contributed by atoms with Crippen LogP contribution in [-0.4, -0.2) is 34.8 Å². The molecule has 0 radical (unpaired) electrons. The maximum Gasteiger partial charge on any atom is 0.534 e. The van der Waals surface area contributed by atoms with Gasteiger partial charge in [-0.2, -0.15) is 21.6 Å². The zero-order chi connectivity index (χ0) is 22.1. The van der Waals surface area contributed by atoms with Gasteiger partial charge in [0, 0.05) is 6.54 Å². The Morgan fingerprint density at radius 1 is 1.07 bits per heavy atom. The number of fused-ring (bicyclic) bond motifs is 1. The van der Waals surface area contributed by atoms with Crippen LogP contribution in [0.1, 0.15) is 15.9 Å². The summed E-state index contributed by atoms with van der Waals surface area (Å²) in [6.07, 6.45) is 0.177. The van der Waals surface area contributed by atoms with Crippen molar-refractivity contribution in [3.63, 3.8) is 0 Å². The van der Waals surface area contributed by atoms with Gasteiger partial charge in [-0.15, -0.1) is 5.10 Å². The molecule has 3 rings (SSSR count). The maximum atomic E-state index is 12.7. The Hall–Kier alpha value is -3.41. The summed E-state index contributed by atoms with van der Waals surface area (Å²) in [5.41, 5.74) is -5.62. The fraction of sp³-hybridized carbons (Fsp3) is 0.167. The van der Waals surface area contributed by atoms with Crippen molar-refractivity contribution in [1.29, 1.82) is 0 Å². The number of hydrogen-bond acceptors (Lipinski definition) is 6. The summed E-state index contributed by atoms with van der Waals surface area (Å²) in [5.74, 6) is -1.98. The van der Waals surface area contributed by atoms with E-state index in [1.807, 2.05) is 0 Å². The minimum Gasteiger partial charge on any atom is -0.478 e. The molecule has 8 nitrogen and oxygen atoms in total. The number of halogens is 3. The monoisotopic (exact) mass is 442 g/mol. The van der Waals surface area contributed by atoms with Crippen molar-refractivity contribution < 1.29 is 35.7 Å². The van der Waals surface area contributed by atoms with Gasteiger partial charge in [0.1, 0.15) is 0 Å². The number of carboxylic acids is 1. The average Bonchev–Trinajstić information content (AvgIpc) is 2.68. The predicted octanol–water partition coefficient (Wildman–Crippen LogP) is 2.57. The van der Waals surface area contributed by atoms with Crippen LogP contribution in [0.2, 0.25) is 0 Å². The Kier molecular flexibility index (Phi) is 5.53. The largest absolute Gasteiger partial charge is 0.534 e. The van der Waals surface area contributed by atoms with Crippen LogP contribution in [0.5, 0.6) is 5.88 Å². The van der Waals surface area contributed by atoms with Crippen molar-refractivity contribution in [3.05, 3.63) is 70.0 Å². The third-order valence-electron chi connectivity index (χ3n) is 4.12. The van der Waals surface area contributed by atoms with Gasteiger partial charge in [0.05, 0.1) is 16.3 Å². The minimum absolute atomic E-state index is 0.0628. The molecule has 0 saturated carbocycles. The van der Waals surface area contributed by atoms with Crippen LogP contribution in [0.15, 0.2) is 53.3 Å². The number of carboxylic acid groups (broad SMARTS) is 1. The smallest absolute Gasteiger partial charge is 0.478 e. The summed E-state index contributed by atoms with van der Waals surface area (Å²) in [4.78, 5) is 23.5. The molecule has 1 heterocycles. The summed E-state index contributed by atoms with van der Waals surface area (Å²) < 4.78 is 65.9. The third kappa shape index (κ3) is 4.27. The van der Waals surface area contributed by atoms with Gasteiger partial charge >= 0.3 is 21.6 Å². The number of carbonyl (C=O) groups is 1. The van der Waals surface area contributed by atoms with Crippen molar-refractivity contribution in [2.24, 2.45) is 0 Å². The van der Waals surface area contributed by atoms with Crippen LogP contribution in [0.4, 0.5) is 13.2 Å². The van der Waals surface area contributed by atoms with E-state index in [1.165, 1.54) is 48.5 Å². The molecule has 0 spiro atoms. The molecule has 0 unspecified atom stereocenters. The van der Waals surface area contributed by atoms with E-state index < -0.39 is 33.0 Å². The molecule has 0 atom stereocenters. The predicted molar refractivity (Wildman–Crippen MR) is 98.7 cm³/mol. The quantitative estimate of drug-likeness (QED) is 0.461. The van der Waals surface area contributed by atoms with Gasteiger partial charge in [-0.1, -0.05) is 24.3 Å². The van der Waals surface area contributed by atoms with Gasteiger partial charge < -0.3 is 9.29 Å². The second-order valence-corrected chi connectivity index (χ2v) is 7.65. The zero-order valence-corrected chi connectivity index (χ0v) is 15.8. The lowest BCUT2D eigenvalue weighted by atomic mass is 10.1. The van der Waals surface area contributed by atoms with E-state index in [0.717, 1.165) is 4.68 Å². The number of aromatic nitrogens is 2. The van der Waals surface area contributed by atoms with Crippen molar-refractivity contribution >= 4 is 26.9 Å². The number of alkyl halides is 3. The fourth-order valence-corrected chi connectivity index (χ4v) is 3.04. The summed E-state index contributed by atoms with van der Waals surface area (Å²) in [6, 6.07) is 11.1. The second kappa shape index (κ2) is 7.78. The zero-order valence-electron chi connectivity index (χ0n) is 15.0. The SMILES string of the molecule is O=C(O)c1ccc(CCn2nc(OS(=O)(=O)C(F)(F)F)c3ccccc3c2=O)cc1. The van der Waals surface area contributed by atoms with E-state index >= 15 is 0 Å². The van der Waals surface area contributed by atoms with Crippen LogP contribution >= 0.6 is 0 Å². The van der Waals surface area contributed by atoms with Gasteiger partial charge in [-0.25, -0.2) is 9.48 Å². The van der Waals surface area contributed by atoms with E-state index in [4.69, 9.17) is 5.11 Å². The second-order valence-electron chi connectivity index (χ2n) is 6.11. The molecule has 0 aliphatic heterocycles. The molecule has 0 bridgehead atoms. The van der Waals surface area contributed by atoms with Crippen LogP contribution < -0.4 is 9.74 Å². The molecule has 158 valence electrons. The molecule has 0 amide bonds. The van der Waals surface area contributed by atoms with E-state index in [9.17, 15) is 31.2 Å². The molecule has 0 aliphatic rings. The average molecular weight is 442 g/mol. The lowest BCUT2D eigenvalue weighted by molar-refractivity contribution is -0.0501. The van der Waals surface area contributed by atoms with Crippen molar-refractivity contribution in [2.75, 3.05) is 0 Å². The molecule has 0 fully saturated rings. The molecular formula is C18H13F3N2O6S. The Balaban J connectivity index is 1.98. The first-order valence-corrected chi connectivity index (χ1v) is 9.73. The summed E-state index contributed by atoms with van der Waals surface area (Å²) in [7, 11) is -5.99. The van der Waals surface area contributed by atoms with E-state index in [2.05, 4.69) is 9.28 Å². The molecule has 2 aromatic carbocycles. The molecule has 1 N–H and O–H groups in total. The molecule has 0 saturated heterocycles. The van der Waals surface area contributed by atoms with Gasteiger partial charge in [-0.05, 0) is 36.2 Å². The normalized spacial score (nSPS) is 12.1. The number of aryl methyl sites for hydroxylation is 2. The van der Waals surface area contributed by atoms with Crippen molar-refractivity contribution in [3.8, 4) is 5.88 Å². The van der Waals surface area contributed by atoms with Gasteiger partial charge in [-0.3, -0.25) is 4.79 Å². The number of aromatic carboxylic acids is 1. The summed E-state index contributed by atoms with van der Waals surface area (Å²) in [5, 5.41) is 12.3. The van der Waals surface area contributed by atoms with E-state index in [0.29, 0.717) is 5.56 Å². The van der Waals surface area contributed by atoms with Crippen molar-refractivity contribution in [2.45, 2.75) is 18.5 Å². The molecule has 0 aliphatic carbocycles. The third-order valence-corrected chi connectivity index (χ3v) is 5.06. The lowest BCUT2D eigenvalue weighted by Gasteiger charge is -2.13. The Morgan fingerprint density at radius 3 is 2.23 bits per heavy atom. The summed E-state index contributed by atoms with van der Waals surface area (Å²) in [6.45, 7) is -0.113. The Morgan fingerprint density at radius 2 is 1.67 bits per heavy atom. The molecule has 30 heavy (non-hydrogen) atoms. The van der Waals surface area contributed by atoms with Crippen LogP contribution in [0.25, 0.3) is 10.8 Å².